The fourth-order valence-corrected chi connectivity index (χ4v) is 3.75. The van der Waals surface area contributed by atoms with Crippen LogP contribution in [0.25, 0.3) is 0 Å². The lowest BCUT2D eigenvalue weighted by Crippen LogP contribution is -2.31. The minimum absolute atomic E-state index is 0.306. The first-order valence-electron chi connectivity index (χ1n) is 9.57. The zero-order valence-electron chi connectivity index (χ0n) is 15.9. The summed E-state index contributed by atoms with van der Waals surface area (Å²) in [7, 11) is 0. The summed E-state index contributed by atoms with van der Waals surface area (Å²) in [6, 6.07) is 6.19. The van der Waals surface area contributed by atoms with E-state index in [-0.39, 0.29) is 0 Å². The van der Waals surface area contributed by atoms with Crippen molar-refractivity contribution in [3.05, 3.63) is 53.9 Å². The van der Waals surface area contributed by atoms with E-state index in [1.54, 1.807) is 0 Å². The Morgan fingerprint density at radius 3 is 3.00 bits per heavy atom. The number of aromatic nitrogens is 2. The largest absolute Gasteiger partial charge is 0.454 e. The van der Waals surface area contributed by atoms with Gasteiger partial charge in [0.1, 0.15) is 0 Å². The molecule has 4 rings (SSSR count). The molecule has 0 spiro atoms. The monoisotopic (exact) mass is 369 g/mol. The molecule has 0 radical (unpaired) electrons. The lowest BCUT2D eigenvalue weighted by atomic mass is 10.1. The SMILES string of the molecule is C=CCn1ncc(CN(Cc2ccc3c(c2)OCO3)C[C@@H]2CCCO2)c1C. The quantitative estimate of drug-likeness (QED) is 0.669. The van der Waals surface area contributed by atoms with Gasteiger partial charge >= 0.3 is 0 Å². The first-order valence-corrected chi connectivity index (χ1v) is 9.57. The van der Waals surface area contributed by atoms with Gasteiger partial charge in [-0.15, -0.1) is 6.58 Å². The highest BCUT2D eigenvalue weighted by atomic mass is 16.7. The molecule has 2 aromatic rings. The Bertz CT molecular complexity index is 796. The predicted octanol–water partition coefficient (Wildman–Crippen LogP) is 3.29. The van der Waals surface area contributed by atoms with Gasteiger partial charge in [0.25, 0.3) is 0 Å². The van der Waals surface area contributed by atoms with Crippen molar-refractivity contribution in [2.75, 3.05) is 19.9 Å². The smallest absolute Gasteiger partial charge is 0.231 e. The molecule has 1 aromatic carbocycles. The van der Waals surface area contributed by atoms with E-state index in [0.29, 0.717) is 12.9 Å². The second kappa shape index (κ2) is 8.15. The van der Waals surface area contributed by atoms with Crippen LogP contribution in [0, 0.1) is 6.92 Å². The Morgan fingerprint density at radius 1 is 1.30 bits per heavy atom. The van der Waals surface area contributed by atoms with Gasteiger partial charge in [0.15, 0.2) is 11.5 Å². The zero-order chi connectivity index (χ0) is 18.6. The molecule has 6 heteroatoms. The lowest BCUT2D eigenvalue weighted by molar-refractivity contribution is 0.0678. The third kappa shape index (κ3) is 4.17. The van der Waals surface area contributed by atoms with Gasteiger partial charge in [-0.1, -0.05) is 12.1 Å². The van der Waals surface area contributed by atoms with Gasteiger partial charge < -0.3 is 14.2 Å². The molecule has 27 heavy (non-hydrogen) atoms. The van der Waals surface area contributed by atoms with E-state index in [1.165, 1.54) is 16.8 Å². The van der Waals surface area contributed by atoms with Gasteiger partial charge in [-0.3, -0.25) is 9.58 Å². The Labute approximate surface area is 160 Å². The van der Waals surface area contributed by atoms with Crippen LogP contribution in [-0.4, -0.2) is 40.7 Å². The second-order valence-electron chi connectivity index (χ2n) is 7.22. The standard InChI is InChI=1S/C21H27N3O3/c1-3-8-24-16(2)18(11-22-24)13-23(14-19-5-4-9-25-19)12-17-6-7-20-21(10-17)27-15-26-20/h3,6-7,10-11,19H,1,4-5,8-9,12-15H2,2H3/t19-/m0/s1. The van der Waals surface area contributed by atoms with Crippen LogP contribution in [0.3, 0.4) is 0 Å². The predicted molar refractivity (Wildman–Crippen MR) is 103 cm³/mol. The fourth-order valence-electron chi connectivity index (χ4n) is 3.75. The molecule has 1 saturated heterocycles. The molecular formula is C21H27N3O3. The topological polar surface area (TPSA) is 48.8 Å². The average molecular weight is 369 g/mol. The zero-order valence-corrected chi connectivity index (χ0v) is 15.9. The van der Waals surface area contributed by atoms with Crippen LogP contribution in [0.15, 0.2) is 37.1 Å². The van der Waals surface area contributed by atoms with Crippen molar-refractivity contribution in [1.29, 1.82) is 0 Å². The maximum Gasteiger partial charge on any atom is 0.231 e. The van der Waals surface area contributed by atoms with Gasteiger partial charge in [-0.2, -0.15) is 5.10 Å². The van der Waals surface area contributed by atoms with E-state index in [1.807, 2.05) is 23.0 Å². The second-order valence-corrected chi connectivity index (χ2v) is 7.22. The molecule has 2 aliphatic rings. The average Bonchev–Trinajstić information content (AvgIpc) is 3.40. The molecule has 0 amide bonds. The first kappa shape index (κ1) is 18.1. The van der Waals surface area contributed by atoms with Gasteiger partial charge in [0.2, 0.25) is 6.79 Å². The molecular weight excluding hydrogens is 342 g/mol. The molecule has 0 aliphatic carbocycles. The Kier molecular flexibility index (Phi) is 5.45. The number of rotatable bonds is 8. The molecule has 0 unspecified atom stereocenters. The molecule has 0 saturated carbocycles. The van der Waals surface area contributed by atoms with Gasteiger partial charge in [0.05, 0.1) is 18.8 Å². The summed E-state index contributed by atoms with van der Waals surface area (Å²) in [4.78, 5) is 2.44. The van der Waals surface area contributed by atoms with Crippen molar-refractivity contribution in [3.8, 4) is 11.5 Å². The van der Waals surface area contributed by atoms with Gasteiger partial charge in [-0.05, 0) is 37.5 Å². The van der Waals surface area contributed by atoms with E-state index < -0.39 is 0 Å². The normalized spacial score (nSPS) is 18.4. The van der Waals surface area contributed by atoms with Crippen molar-refractivity contribution in [2.24, 2.45) is 0 Å². The van der Waals surface area contributed by atoms with Crippen molar-refractivity contribution in [3.63, 3.8) is 0 Å². The highest BCUT2D eigenvalue weighted by Crippen LogP contribution is 2.33. The summed E-state index contributed by atoms with van der Waals surface area (Å²) >= 11 is 0. The summed E-state index contributed by atoms with van der Waals surface area (Å²) in [6.07, 6.45) is 6.44. The number of ether oxygens (including phenoxy) is 3. The van der Waals surface area contributed by atoms with Crippen LogP contribution in [0.2, 0.25) is 0 Å². The maximum atomic E-state index is 5.89. The first-order chi connectivity index (χ1) is 13.2. The molecule has 1 aromatic heterocycles. The number of hydrogen-bond acceptors (Lipinski definition) is 5. The van der Waals surface area contributed by atoms with E-state index in [2.05, 4.69) is 35.6 Å². The summed E-state index contributed by atoms with van der Waals surface area (Å²) in [5.74, 6) is 1.66. The van der Waals surface area contributed by atoms with Crippen molar-refractivity contribution in [1.82, 2.24) is 14.7 Å². The molecule has 3 heterocycles. The van der Waals surface area contributed by atoms with Crippen LogP contribution in [0.5, 0.6) is 11.5 Å². The molecule has 6 nitrogen and oxygen atoms in total. The molecule has 2 aliphatic heterocycles. The summed E-state index contributed by atoms with van der Waals surface area (Å²) in [5.41, 5.74) is 3.65. The van der Waals surface area contributed by atoms with E-state index >= 15 is 0 Å². The number of nitrogens with zero attached hydrogens (tertiary/aromatic N) is 3. The highest BCUT2D eigenvalue weighted by molar-refractivity contribution is 5.44. The molecule has 0 N–H and O–H groups in total. The van der Waals surface area contributed by atoms with E-state index in [4.69, 9.17) is 14.2 Å². The third-order valence-electron chi connectivity index (χ3n) is 5.23. The Morgan fingerprint density at radius 2 is 2.19 bits per heavy atom. The molecule has 1 fully saturated rings. The van der Waals surface area contributed by atoms with Gasteiger partial charge in [-0.25, -0.2) is 0 Å². The summed E-state index contributed by atoms with van der Waals surface area (Å²) in [6.45, 7) is 10.4. The van der Waals surface area contributed by atoms with Crippen LogP contribution in [-0.2, 0) is 24.4 Å². The van der Waals surface area contributed by atoms with Crippen molar-refractivity contribution >= 4 is 0 Å². The fraction of sp³-hybridized carbons (Fsp3) is 0.476. The van der Waals surface area contributed by atoms with Crippen LogP contribution < -0.4 is 9.47 Å². The summed E-state index contributed by atoms with van der Waals surface area (Å²) < 4.78 is 18.8. The molecule has 0 bridgehead atoms. The number of benzene rings is 1. The minimum atomic E-state index is 0.306. The van der Waals surface area contributed by atoms with Crippen LogP contribution >= 0.6 is 0 Å². The lowest BCUT2D eigenvalue weighted by Gasteiger charge is -2.25. The van der Waals surface area contributed by atoms with Crippen molar-refractivity contribution < 1.29 is 14.2 Å². The van der Waals surface area contributed by atoms with E-state index in [9.17, 15) is 0 Å². The Balaban J connectivity index is 1.50. The molecule has 144 valence electrons. The number of fused-ring (bicyclic) bond motifs is 1. The number of hydrogen-bond donors (Lipinski definition) is 0. The van der Waals surface area contributed by atoms with Crippen molar-refractivity contribution in [2.45, 2.75) is 45.5 Å². The third-order valence-corrected chi connectivity index (χ3v) is 5.23. The summed E-state index contributed by atoms with van der Waals surface area (Å²) in [5, 5.41) is 4.50. The van der Waals surface area contributed by atoms with Crippen LogP contribution in [0.1, 0.15) is 29.7 Å². The van der Waals surface area contributed by atoms with Crippen LogP contribution in [0.4, 0.5) is 0 Å². The highest BCUT2D eigenvalue weighted by Gasteiger charge is 2.22. The van der Waals surface area contributed by atoms with Gasteiger partial charge in [0, 0.05) is 37.5 Å². The molecule has 1 atom stereocenters. The number of allylic oxidation sites excluding steroid dienone is 1. The maximum absolute atomic E-state index is 5.89. The Hall–Kier alpha value is -2.31. The minimum Gasteiger partial charge on any atom is -0.454 e. The van der Waals surface area contributed by atoms with E-state index in [0.717, 1.165) is 57.1 Å².